The van der Waals surface area contributed by atoms with Crippen LogP contribution in [0, 0.1) is 5.92 Å². The molecule has 1 aliphatic heterocycles. The fourth-order valence-corrected chi connectivity index (χ4v) is 3.50. The second-order valence-electron chi connectivity index (χ2n) is 6.71. The molecule has 2 aromatic rings. The monoisotopic (exact) mass is 426 g/mol. The zero-order valence-electron chi connectivity index (χ0n) is 15.2. The maximum Gasteiger partial charge on any atom is 0.419 e. The summed E-state index contributed by atoms with van der Waals surface area (Å²) in [4.78, 5) is 29.4. The molecule has 1 saturated heterocycles. The Labute approximate surface area is 169 Å². The molecule has 1 atom stereocenters. The van der Waals surface area contributed by atoms with Crippen LogP contribution in [-0.2, 0) is 11.0 Å². The third-order valence-corrected chi connectivity index (χ3v) is 5.01. The van der Waals surface area contributed by atoms with E-state index in [1.165, 1.54) is 35.4 Å². The highest BCUT2D eigenvalue weighted by Crippen LogP contribution is 2.36. The SMILES string of the molecule is NC(=O)c1cc(NC(=O)[C@H]2CCCN(c3ncccc3C(F)(F)F)C2)ccc1Cl. The van der Waals surface area contributed by atoms with Crippen molar-refractivity contribution in [3.63, 3.8) is 0 Å². The number of benzene rings is 1. The zero-order chi connectivity index (χ0) is 21.2. The van der Waals surface area contributed by atoms with Gasteiger partial charge in [0.1, 0.15) is 5.82 Å². The first-order valence-corrected chi connectivity index (χ1v) is 9.22. The lowest BCUT2D eigenvalue weighted by Gasteiger charge is -2.34. The fourth-order valence-electron chi connectivity index (χ4n) is 3.29. The largest absolute Gasteiger partial charge is 0.419 e. The number of pyridine rings is 1. The van der Waals surface area contributed by atoms with Gasteiger partial charge in [0.25, 0.3) is 0 Å². The van der Waals surface area contributed by atoms with E-state index in [2.05, 4.69) is 10.3 Å². The van der Waals surface area contributed by atoms with Crippen LogP contribution in [0.25, 0.3) is 0 Å². The molecule has 0 aliphatic carbocycles. The summed E-state index contributed by atoms with van der Waals surface area (Å²) >= 11 is 5.90. The second-order valence-corrected chi connectivity index (χ2v) is 7.11. The quantitative estimate of drug-likeness (QED) is 0.780. The fraction of sp³-hybridized carbons (Fsp3) is 0.316. The predicted molar refractivity (Wildman–Crippen MR) is 103 cm³/mol. The Bertz CT molecular complexity index is 936. The van der Waals surface area contributed by atoms with Gasteiger partial charge < -0.3 is 16.0 Å². The van der Waals surface area contributed by atoms with Gasteiger partial charge >= 0.3 is 6.18 Å². The van der Waals surface area contributed by atoms with Gasteiger partial charge in [-0.3, -0.25) is 9.59 Å². The number of piperidine rings is 1. The molecule has 29 heavy (non-hydrogen) atoms. The van der Waals surface area contributed by atoms with Crippen LogP contribution in [0.5, 0.6) is 0 Å². The van der Waals surface area contributed by atoms with Crippen molar-refractivity contribution in [1.82, 2.24) is 4.98 Å². The Morgan fingerprint density at radius 2 is 2.03 bits per heavy atom. The number of hydrogen-bond donors (Lipinski definition) is 2. The molecule has 1 aliphatic rings. The van der Waals surface area contributed by atoms with Gasteiger partial charge in [0.05, 0.1) is 22.1 Å². The van der Waals surface area contributed by atoms with Gasteiger partial charge in [-0.05, 0) is 43.2 Å². The molecule has 0 bridgehead atoms. The van der Waals surface area contributed by atoms with Crippen LogP contribution in [0.2, 0.25) is 5.02 Å². The third kappa shape index (κ3) is 4.79. The first kappa shape index (κ1) is 20.9. The van der Waals surface area contributed by atoms with Crippen molar-refractivity contribution in [1.29, 1.82) is 0 Å². The molecular formula is C19H18ClF3N4O2. The lowest BCUT2D eigenvalue weighted by Crippen LogP contribution is -2.42. The molecule has 1 aromatic heterocycles. The number of aromatic nitrogens is 1. The molecule has 0 radical (unpaired) electrons. The summed E-state index contributed by atoms with van der Waals surface area (Å²) in [7, 11) is 0. The molecule has 0 unspecified atom stereocenters. The van der Waals surface area contributed by atoms with Gasteiger partial charge in [0.2, 0.25) is 11.8 Å². The van der Waals surface area contributed by atoms with Crippen LogP contribution in [0.3, 0.4) is 0 Å². The number of carbonyl (C=O) groups excluding carboxylic acids is 2. The van der Waals surface area contributed by atoms with Crippen molar-refractivity contribution < 1.29 is 22.8 Å². The van der Waals surface area contributed by atoms with Gasteiger partial charge in [-0.25, -0.2) is 4.98 Å². The van der Waals surface area contributed by atoms with Crippen molar-refractivity contribution >= 4 is 34.9 Å². The molecular weight excluding hydrogens is 409 g/mol. The molecule has 6 nitrogen and oxygen atoms in total. The Morgan fingerprint density at radius 1 is 1.28 bits per heavy atom. The minimum atomic E-state index is -4.53. The van der Waals surface area contributed by atoms with Gasteiger partial charge in [-0.2, -0.15) is 13.2 Å². The van der Waals surface area contributed by atoms with Gasteiger partial charge in [0, 0.05) is 25.0 Å². The number of alkyl halides is 3. The zero-order valence-corrected chi connectivity index (χ0v) is 15.9. The van der Waals surface area contributed by atoms with E-state index in [4.69, 9.17) is 17.3 Å². The molecule has 1 fully saturated rings. The summed E-state index contributed by atoms with van der Waals surface area (Å²) in [6.45, 7) is 0.471. The Hall–Kier alpha value is -2.81. The van der Waals surface area contributed by atoms with Gasteiger partial charge in [0.15, 0.2) is 0 Å². The standard InChI is InChI=1S/C19H18ClF3N4O2/c20-15-6-5-12(9-13(15)16(24)28)26-18(29)11-3-2-8-27(10-11)17-14(19(21,22)23)4-1-7-25-17/h1,4-7,9,11H,2-3,8,10H2,(H2,24,28)(H,26,29)/t11-/m0/s1. The number of halogens is 4. The van der Waals surface area contributed by atoms with Crippen LogP contribution in [0.1, 0.15) is 28.8 Å². The molecule has 154 valence electrons. The van der Waals surface area contributed by atoms with Crippen LogP contribution in [0.15, 0.2) is 36.5 Å². The van der Waals surface area contributed by atoms with Crippen molar-refractivity contribution in [3.8, 4) is 0 Å². The molecule has 10 heteroatoms. The van der Waals surface area contributed by atoms with Gasteiger partial charge in [-0.15, -0.1) is 0 Å². The van der Waals surface area contributed by atoms with Crippen LogP contribution < -0.4 is 16.0 Å². The van der Waals surface area contributed by atoms with E-state index < -0.39 is 23.6 Å². The highest BCUT2D eigenvalue weighted by atomic mass is 35.5. The highest BCUT2D eigenvalue weighted by molar-refractivity contribution is 6.34. The number of nitrogens with one attached hydrogen (secondary N) is 1. The number of carbonyl (C=O) groups is 2. The van der Waals surface area contributed by atoms with E-state index in [9.17, 15) is 22.8 Å². The van der Waals surface area contributed by atoms with E-state index in [-0.39, 0.29) is 28.9 Å². The predicted octanol–water partition coefficient (Wildman–Crippen LogP) is 3.71. The summed E-state index contributed by atoms with van der Waals surface area (Å²) in [6.07, 6.45) is -2.17. The minimum absolute atomic E-state index is 0.0676. The average molecular weight is 427 g/mol. The summed E-state index contributed by atoms with van der Waals surface area (Å²) < 4.78 is 39.9. The van der Waals surface area contributed by atoms with Crippen molar-refractivity contribution in [2.75, 3.05) is 23.3 Å². The first-order chi connectivity index (χ1) is 13.7. The summed E-state index contributed by atoms with van der Waals surface area (Å²) in [5, 5.41) is 2.84. The molecule has 0 spiro atoms. The van der Waals surface area contributed by atoms with Crippen LogP contribution >= 0.6 is 11.6 Å². The summed E-state index contributed by atoms with van der Waals surface area (Å²) in [6, 6.07) is 6.54. The third-order valence-electron chi connectivity index (χ3n) is 4.68. The van der Waals surface area contributed by atoms with Crippen LogP contribution in [-0.4, -0.2) is 29.9 Å². The topological polar surface area (TPSA) is 88.3 Å². The van der Waals surface area contributed by atoms with E-state index in [1.54, 1.807) is 0 Å². The van der Waals surface area contributed by atoms with E-state index in [1.807, 2.05) is 0 Å². The molecule has 2 heterocycles. The smallest absolute Gasteiger partial charge is 0.366 e. The number of primary amides is 1. The van der Waals surface area contributed by atoms with Crippen LogP contribution in [0.4, 0.5) is 24.7 Å². The second kappa shape index (κ2) is 8.28. The first-order valence-electron chi connectivity index (χ1n) is 8.84. The maximum atomic E-state index is 13.3. The normalized spacial score (nSPS) is 17.1. The minimum Gasteiger partial charge on any atom is -0.366 e. The van der Waals surface area contributed by atoms with Crippen molar-refractivity contribution in [2.45, 2.75) is 19.0 Å². The van der Waals surface area contributed by atoms with Crippen molar-refractivity contribution in [2.24, 2.45) is 11.7 Å². The number of rotatable bonds is 4. The number of anilines is 2. The number of hydrogen-bond acceptors (Lipinski definition) is 4. The molecule has 3 N–H and O–H groups in total. The van der Waals surface area contributed by atoms with Gasteiger partial charge in [-0.1, -0.05) is 11.6 Å². The molecule has 0 saturated carbocycles. The van der Waals surface area contributed by atoms with E-state index in [0.29, 0.717) is 25.1 Å². The molecule has 3 rings (SSSR count). The lowest BCUT2D eigenvalue weighted by molar-refractivity contribution is -0.137. The Morgan fingerprint density at radius 3 is 2.72 bits per heavy atom. The average Bonchev–Trinajstić information content (AvgIpc) is 2.68. The number of nitrogens with two attached hydrogens (primary N) is 1. The molecule has 2 amide bonds. The lowest BCUT2D eigenvalue weighted by atomic mass is 9.96. The molecule has 1 aromatic carbocycles. The van der Waals surface area contributed by atoms with Crippen molar-refractivity contribution in [3.05, 3.63) is 52.7 Å². The number of amides is 2. The van der Waals surface area contributed by atoms with E-state index >= 15 is 0 Å². The highest BCUT2D eigenvalue weighted by Gasteiger charge is 2.37. The Kier molecular flexibility index (Phi) is 5.97. The summed E-state index contributed by atoms with van der Waals surface area (Å²) in [5.74, 6) is -1.82. The maximum absolute atomic E-state index is 13.3. The summed E-state index contributed by atoms with van der Waals surface area (Å²) in [5.41, 5.74) is 4.82. The number of nitrogens with zero attached hydrogens (tertiary/aromatic N) is 2. The van der Waals surface area contributed by atoms with E-state index in [0.717, 1.165) is 6.07 Å². The Balaban J connectivity index is 1.76.